The first-order chi connectivity index (χ1) is 9.89. The van der Waals surface area contributed by atoms with Crippen molar-refractivity contribution >= 4 is 0 Å². The zero-order valence-corrected chi connectivity index (χ0v) is 13.1. The fraction of sp³-hybridized carbons (Fsp3) is 0.667. The molecule has 3 unspecified atom stereocenters. The van der Waals surface area contributed by atoms with E-state index < -0.39 is 6.10 Å². The van der Waals surface area contributed by atoms with Crippen LogP contribution in [0.2, 0.25) is 0 Å². The first kappa shape index (κ1) is 13.4. The standard InChI is InChI=1S/C18H24O3/c1-9(19)13-12-6-7-18(2,3)21-17(12)15-11-5-4-10(8-11)14(15)16(13)20/h9-11,19-20H,4-8H2,1-3H3. The zero-order valence-electron chi connectivity index (χ0n) is 13.1. The average Bonchev–Trinajstić information content (AvgIpc) is 2.99. The largest absolute Gasteiger partial charge is 0.507 e. The van der Waals surface area contributed by atoms with Gasteiger partial charge in [-0.1, -0.05) is 0 Å². The molecule has 1 fully saturated rings. The number of phenolic OH excluding ortho intramolecular Hbond substituents is 1. The van der Waals surface area contributed by atoms with E-state index in [2.05, 4.69) is 13.8 Å². The lowest BCUT2D eigenvalue weighted by Crippen LogP contribution is -2.34. The minimum absolute atomic E-state index is 0.157. The van der Waals surface area contributed by atoms with E-state index >= 15 is 0 Å². The number of hydrogen-bond acceptors (Lipinski definition) is 3. The summed E-state index contributed by atoms with van der Waals surface area (Å²) < 4.78 is 6.34. The van der Waals surface area contributed by atoms with E-state index in [0.717, 1.165) is 42.6 Å². The molecular formula is C18H24O3. The third-order valence-corrected chi connectivity index (χ3v) is 5.67. The predicted molar refractivity (Wildman–Crippen MR) is 81.1 cm³/mol. The van der Waals surface area contributed by atoms with Crippen molar-refractivity contribution in [3.05, 3.63) is 22.3 Å². The van der Waals surface area contributed by atoms with E-state index in [4.69, 9.17) is 4.74 Å². The number of ether oxygens (including phenoxy) is 1. The van der Waals surface area contributed by atoms with Crippen molar-refractivity contribution in [2.24, 2.45) is 0 Å². The van der Waals surface area contributed by atoms with Crippen molar-refractivity contribution in [2.75, 3.05) is 0 Å². The van der Waals surface area contributed by atoms with Gasteiger partial charge in [0.1, 0.15) is 17.1 Å². The van der Waals surface area contributed by atoms with Gasteiger partial charge in [-0.05, 0) is 64.7 Å². The Kier molecular flexibility index (Phi) is 2.66. The molecular weight excluding hydrogens is 264 g/mol. The van der Waals surface area contributed by atoms with E-state index in [0.29, 0.717) is 23.1 Å². The SMILES string of the molecule is CC(O)c1c(O)c2c(c3c1CCC(C)(C)O3)C1CCC2C1. The van der Waals surface area contributed by atoms with Crippen molar-refractivity contribution in [1.29, 1.82) is 0 Å². The van der Waals surface area contributed by atoms with Gasteiger partial charge in [-0.2, -0.15) is 0 Å². The van der Waals surface area contributed by atoms with Crippen LogP contribution in [0, 0.1) is 0 Å². The number of aliphatic hydroxyl groups is 1. The van der Waals surface area contributed by atoms with Crippen LogP contribution in [0.4, 0.5) is 0 Å². The summed E-state index contributed by atoms with van der Waals surface area (Å²) in [6.07, 6.45) is 4.66. The maximum atomic E-state index is 10.8. The van der Waals surface area contributed by atoms with Crippen LogP contribution >= 0.6 is 0 Å². The van der Waals surface area contributed by atoms with Gasteiger partial charge in [0, 0.05) is 22.3 Å². The normalized spacial score (nSPS) is 29.7. The number of aromatic hydroxyl groups is 1. The molecule has 2 aliphatic carbocycles. The lowest BCUT2D eigenvalue weighted by Gasteiger charge is -2.37. The number of rotatable bonds is 1. The maximum absolute atomic E-state index is 10.8. The molecule has 0 radical (unpaired) electrons. The van der Waals surface area contributed by atoms with E-state index in [9.17, 15) is 10.2 Å². The fourth-order valence-electron chi connectivity index (χ4n) is 4.72. The van der Waals surface area contributed by atoms with Gasteiger partial charge in [-0.25, -0.2) is 0 Å². The topological polar surface area (TPSA) is 49.7 Å². The Hall–Kier alpha value is -1.22. The van der Waals surface area contributed by atoms with Crippen molar-refractivity contribution in [2.45, 2.75) is 76.4 Å². The highest BCUT2D eigenvalue weighted by Crippen LogP contribution is 2.62. The molecule has 1 saturated carbocycles. The van der Waals surface area contributed by atoms with Crippen LogP contribution < -0.4 is 4.74 Å². The predicted octanol–water partition coefficient (Wildman–Crippen LogP) is 3.91. The molecule has 1 aromatic carbocycles. The van der Waals surface area contributed by atoms with Gasteiger partial charge in [0.15, 0.2) is 0 Å². The fourth-order valence-corrected chi connectivity index (χ4v) is 4.72. The van der Waals surface area contributed by atoms with Crippen molar-refractivity contribution in [3.63, 3.8) is 0 Å². The number of benzene rings is 1. The molecule has 3 heteroatoms. The summed E-state index contributed by atoms with van der Waals surface area (Å²) in [6.45, 7) is 6.00. The Morgan fingerprint density at radius 1 is 1.19 bits per heavy atom. The molecule has 0 amide bonds. The second-order valence-corrected chi connectivity index (χ2v) is 7.64. The quantitative estimate of drug-likeness (QED) is 0.823. The first-order valence-corrected chi connectivity index (χ1v) is 8.17. The Labute approximate surface area is 125 Å². The van der Waals surface area contributed by atoms with Crippen molar-refractivity contribution < 1.29 is 14.9 Å². The van der Waals surface area contributed by atoms with E-state index in [-0.39, 0.29) is 5.60 Å². The number of fused-ring (bicyclic) bond motifs is 7. The van der Waals surface area contributed by atoms with Crippen LogP contribution in [0.5, 0.6) is 11.5 Å². The van der Waals surface area contributed by atoms with Crippen LogP contribution in [0.1, 0.15) is 86.6 Å². The first-order valence-electron chi connectivity index (χ1n) is 8.17. The van der Waals surface area contributed by atoms with Crippen LogP contribution in [0.15, 0.2) is 0 Å². The minimum Gasteiger partial charge on any atom is -0.507 e. The highest BCUT2D eigenvalue weighted by atomic mass is 16.5. The smallest absolute Gasteiger partial charge is 0.127 e. The lowest BCUT2D eigenvalue weighted by atomic mass is 9.81. The molecule has 2 N–H and O–H groups in total. The molecule has 3 nitrogen and oxygen atoms in total. The molecule has 1 aliphatic heterocycles. The zero-order chi connectivity index (χ0) is 14.9. The highest BCUT2D eigenvalue weighted by molar-refractivity contribution is 5.65. The molecule has 1 heterocycles. The minimum atomic E-state index is -0.645. The average molecular weight is 288 g/mol. The van der Waals surface area contributed by atoms with Gasteiger partial charge in [0.25, 0.3) is 0 Å². The van der Waals surface area contributed by atoms with Gasteiger partial charge in [-0.3, -0.25) is 0 Å². The van der Waals surface area contributed by atoms with Crippen LogP contribution in [0.25, 0.3) is 0 Å². The molecule has 3 atom stereocenters. The third-order valence-electron chi connectivity index (χ3n) is 5.67. The molecule has 114 valence electrons. The van der Waals surface area contributed by atoms with Crippen LogP contribution in [-0.4, -0.2) is 15.8 Å². The second-order valence-electron chi connectivity index (χ2n) is 7.64. The highest BCUT2D eigenvalue weighted by Gasteiger charge is 2.45. The summed E-state index contributed by atoms with van der Waals surface area (Å²) in [5, 5.41) is 20.9. The molecule has 0 aromatic heterocycles. The third kappa shape index (κ3) is 1.76. The monoisotopic (exact) mass is 288 g/mol. The van der Waals surface area contributed by atoms with Gasteiger partial charge in [0.05, 0.1) is 6.10 Å². The van der Waals surface area contributed by atoms with E-state index in [1.165, 1.54) is 12.0 Å². The van der Waals surface area contributed by atoms with Crippen molar-refractivity contribution in [3.8, 4) is 11.5 Å². The Morgan fingerprint density at radius 3 is 2.52 bits per heavy atom. The molecule has 1 aromatic rings. The van der Waals surface area contributed by atoms with Gasteiger partial charge in [0.2, 0.25) is 0 Å². The molecule has 3 aliphatic rings. The number of phenols is 1. The van der Waals surface area contributed by atoms with E-state index in [1.54, 1.807) is 6.92 Å². The Morgan fingerprint density at radius 2 is 1.86 bits per heavy atom. The van der Waals surface area contributed by atoms with Gasteiger partial charge >= 0.3 is 0 Å². The Balaban J connectivity index is 2.00. The van der Waals surface area contributed by atoms with Gasteiger partial charge in [-0.15, -0.1) is 0 Å². The molecule has 4 rings (SSSR count). The number of hydrogen-bond donors (Lipinski definition) is 2. The second kappa shape index (κ2) is 4.16. The lowest BCUT2D eigenvalue weighted by molar-refractivity contribution is 0.0804. The summed E-state index contributed by atoms with van der Waals surface area (Å²) in [6, 6.07) is 0. The Bertz CT molecular complexity index is 612. The molecule has 0 saturated heterocycles. The van der Waals surface area contributed by atoms with Gasteiger partial charge < -0.3 is 14.9 Å². The van der Waals surface area contributed by atoms with Crippen LogP contribution in [-0.2, 0) is 6.42 Å². The van der Waals surface area contributed by atoms with E-state index in [1.807, 2.05) is 0 Å². The number of aliphatic hydroxyl groups excluding tert-OH is 1. The maximum Gasteiger partial charge on any atom is 0.127 e. The summed E-state index contributed by atoms with van der Waals surface area (Å²) in [4.78, 5) is 0. The molecule has 21 heavy (non-hydrogen) atoms. The molecule has 2 bridgehead atoms. The van der Waals surface area contributed by atoms with Crippen LogP contribution in [0.3, 0.4) is 0 Å². The van der Waals surface area contributed by atoms with Crippen molar-refractivity contribution in [1.82, 2.24) is 0 Å². The molecule has 0 spiro atoms. The summed E-state index contributed by atoms with van der Waals surface area (Å²) in [5.41, 5.74) is 3.95. The summed E-state index contributed by atoms with van der Waals surface area (Å²) in [5.74, 6) is 2.35. The summed E-state index contributed by atoms with van der Waals surface area (Å²) >= 11 is 0. The summed E-state index contributed by atoms with van der Waals surface area (Å²) in [7, 11) is 0.